The summed E-state index contributed by atoms with van der Waals surface area (Å²) in [6, 6.07) is 10.4. The van der Waals surface area contributed by atoms with Gasteiger partial charge in [-0.15, -0.1) is 24.0 Å². The molecule has 0 unspecified atom stereocenters. The summed E-state index contributed by atoms with van der Waals surface area (Å²) in [6.45, 7) is 5.66. The molecule has 0 spiro atoms. The number of guanidine groups is 1. The van der Waals surface area contributed by atoms with Crippen molar-refractivity contribution >= 4 is 29.9 Å². The third kappa shape index (κ3) is 6.99. The van der Waals surface area contributed by atoms with E-state index in [0.717, 1.165) is 24.5 Å². The summed E-state index contributed by atoms with van der Waals surface area (Å²) < 4.78 is 16.2. The van der Waals surface area contributed by atoms with Crippen LogP contribution in [0.5, 0.6) is 17.2 Å². The molecule has 0 atom stereocenters. The van der Waals surface area contributed by atoms with Crippen LogP contribution in [0.15, 0.2) is 35.3 Å². The molecule has 0 aliphatic carbocycles. The number of ether oxygens (including phenoxy) is 3. The minimum atomic E-state index is 0. The van der Waals surface area contributed by atoms with E-state index in [0.29, 0.717) is 23.8 Å². The first kappa shape index (κ1) is 24.9. The van der Waals surface area contributed by atoms with Gasteiger partial charge in [0, 0.05) is 20.1 Å². The Kier molecular flexibility index (Phi) is 10.6. The van der Waals surface area contributed by atoms with Gasteiger partial charge < -0.3 is 24.8 Å². The maximum absolute atomic E-state index is 5.41. The van der Waals surface area contributed by atoms with Crippen LogP contribution in [0.4, 0.5) is 0 Å². The van der Waals surface area contributed by atoms with E-state index in [4.69, 9.17) is 14.2 Å². The molecule has 0 aromatic heterocycles. The number of rotatable bonds is 8. The van der Waals surface area contributed by atoms with Gasteiger partial charge in [0.05, 0.1) is 21.3 Å². The summed E-state index contributed by atoms with van der Waals surface area (Å²) in [5, 5.41) is 6.68. The van der Waals surface area contributed by atoms with Gasteiger partial charge in [-0.05, 0) is 49.1 Å². The van der Waals surface area contributed by atoms with Gasteiger partial charge in [-0.25, -0.2) is 0 Å². The van der Waals surface area contributed by atoms with Crippen LogP contribution in [0, 0.1) is 13.8 Å². The second-order valence-corrected chi connectivity index (χ2v) is 6.57. The lowest BCUT2D eigenvalue weighted by Crippen LogP contribution is -2.37. The number of hydrogen-bond donors (Lipinski definition) is 2. The van der Waals surface area contributed by atoms with E-state index in [9.17, 15) is 0 Å². The molecular weight excluding hydrogens is 481 g/mol. The molecule has 0 heterocycles. The minimum Gasteiger partial charge on any atom is -0.493 e. The molecule has 0 aliphatic heterocycles. The number of nitrogens with zero attached hydrogens (tertiary/aromatic N) is 1. The molecule has 7 heteroatoms. The summed E-state index contributed by atoms with van der Waals surface area (Å²) in [6.07, 6.45) is 0.941. The summed E-state index contributed by atoms with van der Waals surface area (Å²) in [7, 11) is 6.59. The molecule has 0 radical (unpaired) electrons. The van der Waals surface area contributed by atoms with E-state index in [1.807, 2.05) is 12.1 Å². The Bertz CT molecular complexity index is 800. The first-order valence-electron chi connectivity index (χ1n) is 9.31. The van der Waals surface area contributed by atoms with Gasteiger partial charge in [0.1, 0.15) is 0 Å². The van der Waals surface area contributed by atoms with Crippen LogP contribution in [0.3, 0.4) is 0 Å². The molecule has 0 fully saturated rings. The molecule has 160 valence electrons. The highest BCUT2D eigenvalue weighted by Gasteiger charge is 2.13. The highest BCUT2D eigenvalue weighted by Crippen LogP contribution is 2.38. The van der Waals surface area contributed by atoms with Gasteiger partial charge in [0.15, 0.2) is 17.5 Å². The first-order chi connectivity index (χ1) is 13.5. The molecular formula is C22H32IN3O3. The Morgan fingerprint density at radius 2 is 1.59 bits per heavy atom. The predicted octanol–water partition coefficient (Wildman–Crippen LogP) is 3.85. The van der Waals surface area contributed by atoms with Crippen LogP contribution in [0.25, 0.3) is 0 Å². The average Bonchev–Trinajstić information content (AvgIpc) is 2.70. The fourth-order valence-corrected chi connectivity index (χ4v) is 3.09. The van der Waals surface area contributed by atoms with E-state index < -0.39 is 0 Å². The lowest BCUT2D eigenvalue weighted by molar-refractivity contribution is 0.323. The monoisotopic (exact) mass is 513 g/mol. The molecule has 2 aromatic carbocycles. The van der Waals surface area contributed by atoms with Gasteiger partial charge in [0.2, 0.25) is 5.75 Å². The molecule has 2 rings (SSSR count). The van der Waals surface area contributed by atoms with E-state index in [1.54, 1.807) is 28.4 Å². The number of aryl methyl sites for hydroxylation is 2. The minimum absolute atomic E-state index is 0. The lowest BCUT2D eigenvalue weighted by Gasteiger charge is -2.16. The zero-order chi connectivity index (χ0) is 20.5. The quantitative estimate of drug-likeness (QED) is 0.319. The topological polar surface area (TPSA) is 64.1 Å². The second-order valence-electron chi connectivity index (χ2n) is 6.57. The smallest absolute Gasteiger partial charge is 0.203 e. The molecule has 0 saturated heterocycles. The summed E-state index contributed by atoms with van der Waals surface area (Å²) >= 11 is 0. The van der Waals surface area contributed by atoms with Crippen molar-refractivity contribution in [2.24, 2.45) is 4.99 Å². The standard InChI is InChI=1S/C22H31N3O3.HI/c1-15-7-8-18(16(2)11-15)9-10-24-22(23-3)25-14-17-12-19(26-4)21(28-6)20(13-17)27-5;/h7-8,11-13H,9-10,14H2,1-6H3,(H2,23,24,25);1H. The van der Waals surface area contributed by atoms with Crippen molar-refractivity contribution in [3.8, 4) is 17.2 Å². The third-order valence-corrected chi connectivity index (χ3v) is 4.59. The Morgan fingerprint density at radius 1 is 0.931 bits per heavy atom. The molecule has 0 bridgehead atoms. The maximum Gasteiger partial charge on any atom is 0.203 e. The molecule has 2 aromatic rings. The van der Waals surface area contributed by atoms with E-state index >= 15 is 0 Å². The summed E-state index contributed by atoms with van der Waals surface area (Å²) in [4.78, 5) is 4.30. The molecule has 0 aliphatic rings. The zero-order valence-electron chi connectivity index (χ0n) is 18.1. The van der Waals surface area contributed by atoms with Crippen molar-refractivity contribution in [2.45, 2.75) is 26.8 Å². The number of benzene rings is 2. The molecule has 2 N–H and O–H groups in total. The first-order valence-corrected chi connectivity index (χ1v) is 9.31. The van der Waals surface area contributed by atoms with E-state index in [-0.39, 0.29) is 24.0 Å². The third-order valence-electron chi connectivity index (χ3n) is 4.59. The highest BCUT2D eigenvalue weighted by atomic mass is 127. The van der Waals surface area contributed by atoms with Crippen molar-refractivity contribution in [3.63, 3.8) is 0 Å². The fourth-order valence-electron chi connectivity index (χ4n) is 3.09. The molecule has 29 heavy (non-hydrogen) atoms. The number of methoxy groups -OCH3 is 3. The SMILES string of the molecule is CN=C(NCCc1ccc(C)cc1C)NCc1cc(OC)c(OC)c(OC)c1.I. The number of aliphatic imine (C=N–C) groups is 1. The summed E-state index contributed by atoms with van der Waals surface area (Å²) in [5.74, 6) is 2.61. The predicted molar refractivity (Wildman–Crippen MR) is 129 cm³/mol. The van der Waals surface area contributed by atoms with E-state index in [1.165, 1.54) is 16.7 Å². The van der Waals surface area contributed by atoms with Crippen LogP contribution < -0.4 is 24.8 Å². The van der Waals surface area contributed by atoms with Crippen LogP contribution >= 0.6 is 24.0 Å². The largest absolute Gasteiger partial charge is 0.493 e. The van der Waals surface area contributed by atoms with Crippen molar-refractivity contribution < 1.29 is 14.2 Å². The Balaban J connectivity index is 0.00000420. The van der Waals surface area contributed by atoms with Crippen molar-refractivity contribution in [2.75, 3.05) is 34.9 Å². The number of halogens is 1. The average molecular weight is 513 g/mol. The van der Waals surface area contributed by atoms with E-state index in [2.05, 4.69) is 47.7 Å². The lowest BCUT2D eigenvalue weighted by atomic mass is 10.0. The van der Waals surface area contributed by atoms with Gasteiger partial charge in [-0.1, -0.05) is 23.8 Å². The Morgan fingerprint density at radius 3 is 2.10 bits per heavy atom. The van der Waals surface area contributed by atoms with Gasteiger partial charge in [-0.2, -0.15) is 0 Å². The normalized spacial score (nSPS) is 10.8. The highest BCUT2D eigenvalue weighted by molar-refractivity contribution is 14.0. The molecule has 0 amide bonds. The zero-order valence-corrected chi connectivity index (χ0v) is 20.4. The van der Waals surface area contributed by atoms with Gasteiger partial charge >= 0.3 is 0 Å². The van der Waals surface area contributed by atoms with Crippen LogP contribution in [0.1, 0.15) is 22.3 Å². The van der Waals surface area contributed by atoms with Crippen LogP contribution in [-0.2, 0) is 13.0 Å². The maximum atomic E-state index is 5.41. The van der Waals surface area contributed by atoms with Gasteiger partial charge in [0.25, 0.3) is 0 Å². The molecule has 6 nitrogen and oxygen atoms in total. The van der Waals surface area contributed by atoms with Crippen molar-refractivity contribution in [3.05, 3.63) is 52.6 Å². The van der Waals surface area contributed by atoms with Crippen molar-refractivity contribution in [1.82, 2.24) is 10.6 Å². The number of hydrogen-bond acceptors (Lipinski definition) is 4. The fraction of sp³-hybridized carbons (Fsp3) is 0.409. The summed E-state index contributed by atoms with van der Waals surface area (Å²) in [5.41, 5.74) is 4.96. The van der Waals surface area contributed by atoms with Crippen LogP contribution in [-0.4, -0.2) is 40.9 Å². The Hall–Kier alpha value is -2.16. The second kappa shape index (κ2) is 12.4. The van der Waals surface area contributed by atoms with Crippen molar-refractivity contribution in [1.29, 1.82) is 0 Å². The van der Waals surface area contributed by atoms with Gasteiger partial charge in [-0.3, -0.25) is 4.99 Å². The molecule has 0 saturated carbocycles. The van der Waals surface area contributed by atoms with Crippen LogP contribution in [0.2, 0.25) is 0 Å². The number of nitrogens with one attached hydrogen (secondary N) is 2. The Labute approximate surface area is 191 Å².